The predicted octanol–water partition coefficient (Wildman–Crippen LogP) is 1.37. The van der Waals surface area contributed by atoms with Crippen LogP contribution in [0, 0.1) is 34.9 Å². The van der Waals surface area contributed by atoms with Crippen molar-refractivity contribution >= 4 is 5.91 Å². The van der Waals surface area contributed by atoms with Gasteiger partial charge in [-0.05, 0) is 25.1 Å². The highest BCUT2D eigenvalue weighted by Crippen LogP contribution is 2.13. The summed E-state index contributed by atoms with van der Waals surface area (Å²) in [6.07, 6.45) is 0. The fourth-order valence-corrected chi connectivity index (χ4v) is 1.69. The molecule has 1 aromatic carbocycles. The van der Waals surface area contributed by atoms with Crippen molar-refractivity contribution in [3.63, 3.8) is 0 Å². The van der Waals surface area contributed by atoms with Crippen LogP contribution in [0.15, 0.2) is 18.2 Å². The van der Waals surface area contributed by atoms with Crippen molar-refractivity contribution in [3.8, 4) is 17.9 Å². The van der Waals surface area contributed by atoms with E-state index in [4.69, 9.17) is 11.0 Å². The molecule has 0 fully saturated rings. The molecular weight excluding hydrogens is 257 g/mol. The first-order chi connectivity index (χ1) is 9.49. The molecule has 1 atom stereocenters. The number of halogens is 1. The Morgan fingerprint density at radius 3 is 2.85 bits per heavy atom. The summed E-state index contributed by atoms with van der Waals surface area (Å²) in [6.45, 7) is 2.16. The Kier molecular flexibility index (Phi) is 5.71. The molecule has 0 bridgehead atoms. The van der Waals surface area contributed by atoms with Crippen LogP contribution >= 0.6 is 0 Å². The largest absolute Gasteiger partial charge is 0.340 e. The van der Waals surface area contributed by atoms with Gasteiger partial charge in [-0.15, -0.1) is 0 Å². The molecule has 1 unspecified atom stereocenters. The molecular formula is C15H16FN3O. The minimum Gasteiger partial charge on any atom is -0.340 e. The molecule has 1 rings (SSSR count). The maximum absolute atomic E-state index is 13.2. The minimum absolute atomic E-state index is 0.130. The van der Waals surface area contributed by atoms with Crippen molar-refractivity contribution in [1.82, 2.24) is 4.90 Å². The van der Waals surface area contributed by atoms with Crippen LogP contribution in [0.5, 0.6) is 0 Å². The summed E-state index contributed by atoms with van der Waals surface area (Å²) < 4.78 is 13.2. The van der Waals surface area contributed by atoms with Gasteiger partial charge in [-0.3, -0.25) is 4.79 Å². The van der Waals surface area contributed by atoms with Gasteiger partial charge >= 0.3 is 0 Å². The topological polar surface area (TPSA) is 70.1 Å². The third-order valence-corrected chi connectivity index (χ3v) is 2.65. The lowest BCUT2D eigenvalue weighted by Crippen LogP contribution is -2.31. The van der Waals surface area contributed by atoms with Gasteiger partial charge in [-0.1, -0.05) is 11.8 Å². The van der Waals surface area contributed by atoms with Gasteiger partial charge in [0.15, 0.2) is 0 Å². The fourth-order valence-electron chi connectivity index (χ4n) is 1.69. The molecule has 0 aromatic heterocycles. The van der Waals surface area contributed by atoms with Crippen LogP contribution in [0.3, 0.4) is 0 Å². The van der Waals surface area contributed by atoms with Gasteiger partial charge in [0, 0.05) is 19.2 Å². The van der Waals surface area contributed by atoms with Crippen molar-refractivity contribution in [2.24, 2.45) is 11.7 Å². The van der Waals surface area contributed by atoms with Crippen LogP contribution < -0.4 is 5.73 Å². The van der Waals surface area contributed by atoms with Crippen molar-refractivity contribution < 1.29 is 9.18 Å². The van der Waals surface area contributed by atoms with Gasteiger partial charge in [0.25, 0.3) is 5.91 Å². The quantitative estimate of drug-likeness (QED) is 0.845. The second-order valence-corrected chi connectivity index (χ2v) is 4.41. The summed E-state index contributed by atoms with van der Waals surface area (Å²) in [5, 5.41) is 8.77. The highest BCUT2D eigenvalue weighted by atomic mass is 19.1. The lowest BCUT2D eigenvalue weighted by molar-refractivity contribution is 0.0785. The predicted molar refractivity (Wildman–Crippen MR) is 74.1 cm³/mol. The van der Waals surface area contributed by atoms with E-state index in [1.807, 2.05) is 0 Å². The molecule has 4 nitrogen and oxygen atoms in total. The van der Waals surface area contributed by atoms with Gasteiger partial charge in [0.2, 0.25) is 0 Å². The monoisotopic (exact) mass is 273 g/mol. The number of carbonyl (C=O) groups is 1. The summed E-state index contributed by atoms with van der Waals surface area (Å²) in [5.41, 5.74) is 5.89. The number of carbonyl (C=O) groups excluding carboxylic acids is 1. The second kappa shape index (κ2) is 7.28. The van der Waals surface area contributed by atoms with E-state index < -0.39 is 5.82 Å². The summed E-state index contributed by atoms with van der Waals surface area (Å²) >= 11 is 0. The number of benzene rings is 1. The zero-order chi connectivity index (χ0) is 15.1. The van der Waals surface area contributed by atoms with Gasteiger partial charge < -0.3 is 10.6 Å². The summed E-state index contributed by atoms with van der Waals surface area (Å²) in [4.78, 5) is 13.7. The van der Waals surface area contributed by atoms with E-state index in [1.54, 1.807) is 14.0 Å². The highest BCUT2D eigenvalue weighted by molar-refractivity contribution is 5.96. The third-order valence-electron chi connectivity index (χ3n) is 2.65. The number of amides is 1. The zero-order valence-electron chi connectivity index (χ0n) is 11.5. The van der Waals surface area contributed by atoms with Crippen molar-refractivity contribution in [3.05, 3.63) is 35.1 Å². The Balaban J connectivity index is 3.06. The maximum Gasteiger partial charge on any atom is 0.254 e. The van der Waals surface area contributed by atoms with Gasteiger partial charge in [0.1, 0.15) is 5.82 Å². The van der Waals surface area contributed by atoms with Crippen molar-refractivity contribution in [2.75, 3.05) is 20.1 Å². The lowest BCUT2D eigenvalue weighted by atomic mass is 10.1. The summed E-state index contributed by atoms with van der Waals surface area (Å²) in [6, 6.07) is 5.87. The molecule has 0 heterocycles. The second-order valence-electron chi connectivity index (χ2n) is 4.41. The summed E-state index contributed by atoms with van der Waals surface area (Å²) in [5.74, 6) is 4.26. The Bertz CT molecular complexity index is 595. The first-order valence-electron chi connectivity index (χ1n) is 6.13. The number of nitrogens with two attached hydrogens (primary N) is 1. The molecule has 1 amide bonds. The number of nitrogens with zero attached hydrogens (tertiary/aromatic N) is 2. The SMILES string of the molecule is CC(C#N)CN(C)C(=O)c1ccc(F)cc1C#CCN. The molecule has 0 saturated heterocycles. The number of nitriles is 1. The normalized spacial score (nSPS) is 10.9. The van der Waals surface area contributed by atoms with E-state index in [0.717, 1.165) is 0 Å². The molecule has 5 heteroatoms. The Morgan fingerprint density at radius 1 is 1.55 bits per heavy atom. The smallest absolute Gasteiger partial charge is 0.254 e. The van der Waals surface area contributed by atoms with Crippen LogP contribution in [0.2, 0.25) is 0 Å². The fraction of sp³-hybridized carbons (Fsp3) is 0.333. The van der Waals surface area contributed by atoms with Gasteiger partial charge in [-0.2, -0.15) is 5.26 Å². The maximum atomic E-state index is 13.2. The van der Waals surface area contributed by atoms with Gasteiger partial charge in [-0.25, -0.2) is 4.39 Å². The van der Waals surface area contributed by atoms with Crippen LogP contribution in [0.25, 0.3) is 0 Å². The number of hydrogen-bond acceptors (Lipinski definition) is 3. The zero-order valence-corrected chi connectivity index (χ0v) is 11.5. The average molecular weight is 273 g/mol. The van der Waals surface area contributed by atoms with E-state index in [-0.39, 0.29) is 18.4 Å². The molecule has 104 valence electrons. The van der Waals surface area contributed by atoms with Crippen molar-refractivity contribution in [1.29, 1.82) is 5.26 Å². The third kappa shape index (κ3) is 4.08. The molecule has 20 heavy (non-hydrogen) atoms. The first-order valence-corrected chi connectivity index (χ1v) is 6.13. The molecule has 0 aliphatic heterocycles. The average Bonchev–Trinajstić information content (AvgIpc) is 2.44. The molecule has 0 aliphatic carbocycles. The van der Waals surface area contributed by atoms with E-state index in [0.29, 0.717) is 17.7 Å². The van der Waals surface area contributed by atoms with Gasteiger partial charge in [0.05, 0.1) is 24.1 Å². The van der Waals surface area contributed by atoms with Crippen LogP contribution in [-0.4, -0.2) is 30.9 Å². The van der Waals surface area contributed by atoms with E-state index in [2.05, 4.69) is 17.9 Å². The van der Waals surface area contributed by atoms with E-state index >= 15 is 0 Å². The lowest BCUT2D eigenvalue weighted by Gasteiger charge is -2.19. The van der Waals surface area contributed by atoms with Crippen molar-refractivity contribution in [2.45, 2.75) is 6.92 Å². The molecule has 0 saturated carbocycles. The molecule has 1 aromatic rings. The standard InChI is InChI=1S/C15H16FN3O/c1-11(9-18)10-19(2)15(20)14-6-5-13(16)8-12(14)4-3-7-17/h5-6,8,11H,7,10,17H2,1-2H3. The van der Waals surface area contributed by atoms with E-state index in [9.17, 15) is 9.18 Å². The number of hydrogen-bond donors (Lipinski definition) is 1. The Morgan fingerprint density at radius 2 is 2.25 bits per heavy atom. The highest BCUT2D eigenvalue weighted by Gasteiger charge is 2.17. The molecule has 0 aliphatic rings. The molecule has 2 N–H and O–H groups in total. The first kappa shape index (κ1) is 15.7. The van der Waals surface area contributed by atoms with Crippen LogP contribution in [0.1, 0.15) is 22.8 Å². The summed E-state index contributed by atoms with van der Waals surface area (Å²) in [7, 11) is 1.60. The Hall–Kier alpha value is -2.37. The number of rotatable bonds is 3. The van der Waals surface area contributed by atoms with Crippen LogP contribution in [0.4, 0.5) is 4.39 Å². The van der Waals surface area contributed by atoms with E-state index in [1.165, 1.54) is 23.1 Å². The Labute approximate surface area is 118 Å². The molecule has 0 radical (unpaired) electrons. The minimum atomic E-state index is -0.462. The van der Waals surface area contributed by atoms with Crippen LogP contribution in [-0.2, 0) is 0 Å². The molecule has 0 spiro atoms.